The first-order chi connectivity index (χ1) is 11.4. The Labute approximate surface area is 141 Å². The Bertz CT molecular complexity index is 872. The molecule has 1 heterocycles. The molecule has 7 heteroatoms. The number of nitrogens with one attached hydrogen (secondary N) is 1. The van der Waals surface area contributed by atoms with Crippen LogP contribution in [0, 0.1) is 24.4 Å². The Balaban J connectivity index is 1.99. The lowest BCUT2D eigenvalue weighted by molar-refractivity contribution is -0.113. The van der Waals surface area contributed by atoms with E-state index >= 15 is 0 Å². The molecular weight excluding hydrogens is 337 g/mol. The summed E-state index contributed by atoms with van der Waals surface area (Å²) in [5.41, 5.74) is 1.51. The van der Waals surface area contributed by atoms with E-state index in [1.54, 1.807) is 12.1 Å². The highest BCUT2D eigenvalue weighted by atomic mass is 32.1. The minimum Gasteiger partial charge on any atom is -0.327 e. The standard InChI is InChI=1S/C17H11F3N2OS/c1-9-4-2-3-5-14(9)22-16(23)13(21-17(22)24)8-10-6-11(18)15(20)12(19)7-10/h2-8H,1H3,(H,21,24). The molecular formula is C17H11F3N2OS. The van der Waals surface area contributed by atoms with Gasteiger partial charge in [-0.1, -0.05) is 18.2 Å². The van der Waals surface area contributed by atoms with Gasteiger partial charge < -0.3 is 5.32 Å². The lowest BCUT2D eigenvalue weighted by Gasteiger charge is -2.16. The van der Waals surface area contributed by atoms with Crippen LogP contribution in [0.3, 0.4) is 0 Å². The van der Waals surface area contributed by atoms with Crippen LogP contribution >= 0.6 is 12.2 Å². The van der Waals surface area contributed by atoms with Crippen molar-refractivity contribution in [3.63, 3.8) is 0 Å². The van der Waals surface area contributed by atoms with Crippen LogP contribution in [0.5, 0.6) is 0 Å². The predicted molar refractivity (Wildman–Crippen MR) is 88.7 cm³/mol. The van der Waals surface area contributed by atoms with E-state index < -0.39 is 23.4 Å². The zero-order valence-electron chi connectivity index (χ0n) is 12.4. The second-order valence-electron chi connectivity index (χ2n) is 5.21. The molecule has 1 N–H and O–H groups in total. The van der Waals surface area contributed by atoms with Gasteiger partial charge in [-0.05, 0) is 54.5 Å². The van der Waals surface area contributed by atoms with Gasteiger partial charge in [0.15, 0.2) is 22.6 Å². The summed E-state index contributed by atoms with van der Waals surface area (Å²) in [5, 5.41) is 2.87. The Kier molecular flexibility index (Phi) is 4.11. The normalized spacial score (nSPS) is 16.0. The number of rotatable bonds is 2. The summed E-state index contributed by atoms with van der Waals surface area (Å²) >= 11 is 5.17. The quantitative estimate of drug-likeness (QED) is 0.511. The van der Waals surface area contributed by atoms with E-state index in [1.165, 1.54) is 11.0 Å². The second-order valence-corrected chi connectivity index (χ2v) is 5.60. The van der Waals surface area contributed by atoms with Gasteiger partial charge in [0.05, 0.1) is 5.69 Å². The number of benzene rings is 2. The highest BCUT2D eigenvalue weighted by Gasteiger charge is 2.32. The largest absolute Gasteiger partial charge is 0.327 e. The molecule has 1 aliphatic rings. The fourth-order valence-electron chi connectivity index (χ4n) is 2.39. The molecule has 2 aromatic rings. The topological polar surface area (TPSA) is 32.3 Å². The predicted octanol–water partition coefficient (Wildman–Crippen LogP) is 3.67. The van der Waals surface area contributed by atoms with Gasteiger partial charge in [-0.3, -0.25) is 9.69 Å². The van der Waals surface area contributed by atoms with Crippen LogP contribution in [0.1, 0.15) is 11.1 Å². The van der Waals surface area contributed by atoms with Gasteiger partial charge in [-0.2, -0.15) is 0 Å². The fraction of sp³-hybridized carbons (Fsp3) is 0.0588. The van der Waals surface area contributed by atoms with Gasteiger partial charge in [-0.25, -0.2) is 13.2 Å². The molecule has 0 radical (unpaired) electrons. The Morgan fingerprint density at radius 3 is 2.38 bits per heavy atom. The van der Waals surface area contributed by atoms with Crippen LogP contribution in [0.2, 0.25) is 0 Å². The van der Waals surface area contributed by atoms with Crippen molar-refractivity contribution < 1.29 is 18.0 Å². The molecule has 2 aromatic carbocycles. The molecule has 0 aromatic heterocycles. The third-order valence-corrected chi connectivity index (χ3v) is 3.84. The minimum atomic E-state index is -1.56. The average Bonchev–Trinajstić information content (AvgIpc) is 2.80. The maximum absolute atomic E-state index is 13.3. The molecule has 0 unspecified atom stereocenters. The van der Waals surface area contributed by atoms with Gasteiger partial charge >= 0.3 is 0 Å². The summed E-state index contributed by atoms with van der Waals surface area (Å²) in [6.45, 7) is 1.83. The van der Waals surface area contributed by atoms with Crippen molar-refractivity contribution in [2.24, 2.45) is 0 Å². The second kappa shape index (κ2) is 6.09. The van der Waals surface area contributed by atoms with Gasteiger partial charge in [-0.15, -0.1) is 0 Å². The number of para-hydroxylation sites is 1. The lowest BCUT2D eigenvalue weighted by Crippen LogP contribution is -2.30. The van der Waals surface area contributed by atoms with E-state index in [4.69, 9.17) is 12.2 Å². The molecule has 3 rings (SSSR count). The summed E-state index contributed by atoms with van der Waals surface area (Å²) < 4.78 is 39.6. The van der Waals surface area contributed by atoms with E-state index in [0.29, 0.717) is 5.69 Å². The van der Waals surface area contributed by atoms with E-state index in [1.807, 2.05) is 19.1 Å². The molecule has 0 bridgehead atoms. The molecule has 0 aliphatic carbocycles. The third kappa shape index (κ3) is 2.78. The SMILES string of the molecule is Cc1ccccc1N1C(=O)C(=Cc2cc(F)c(F)c(F)c2)NC1=S. The molecule has 1 aliphatic heterocycles. The summed E-state index contributed by atoms with van der Waals surface area (Å²) in [6, 6.07) is 8.78. The number of hydrogen-bond acceptors (Lipinski definition) is 2. The van der Waals surface area contributed by atoms with Crippen LogP contribution in [-0.2, 0) is 4.79 Å². The summed E-state index contributed by atoms with van der Waals surface area (Å²) in [7, 11) is 0. The van der Waals surface area contributed by atoms with Crippen molar-refractivity contribution >= 4 is 35.0 Å². The molecule has 0 spiro atoms. The van der Waals surface area contributed by atoms with Gasteiger partial charge in [0.1, 0.15) is 5.70 Å². The first-order valence-corrected chi connectivity index (χ1v) is 7.36. The van der Waals surface area contributed by atoms with Crippen LogP contribution in [0.4, 0.5) is 18.9 Å². The van der Waals surface area contributed by atoms with Crippen LogP contribution in [0.15, 0.2) is 42.1 Å². The summed E-state index contributed by atoms with van der Waals surface area (Å²) in [5.74, 6) is -4.67. The summed E-state index contributed by atoms with van der Waals surface area (Å²) in [4.78, 5) is 13.9. The Morgan fingerprint density at radius 1 is 1.12 bits per heavy atom. The van der Waals surface area contributed by atoms with Gasteiger partial charge in [0.2, 0.25) is 0 Å². The Morgan fingerprint density at radius 2 is 1.75 bits per heavy atom. The Hall–Kier alpha value is -2.67. The minimum absolute atomic E-state index is 0.0108. The highest BCUT2D eigenvalue weighted by molar-refractivity contribution is 7.80. The molecule has 1 saturated heterocycles. The maximum Gasteiger partial charge on any atom is 0.281 e. The van der Waals surface area contributed by atoms with Crippen LogP contribution < -0.4 is 10.2 Å². The number of thiocarbonyl (C=S) groups is 1. The third-order valence-electron chi connectivity index (χ3n) is 3.55. The molecule has 3 nitrogen and oxygen atoms in total. The smallest absolute Gasteiger partial charge is 0.281 e. The number of hydrogen-bond donors (Lipinski definition) is 1. The van der Waals surface area contributed by atoms with Crippen molar-refractivity contribution in [2.75, 3.05) is 4.90 Å². The number of halogens is 3. The van der Waals surface area contributed by atoms with E-state index in [-0.39, 0.29) is 16.4 Å². The highest BCUT2D eigenvalue weighted by Crippen LogP contribution is 2.26. The average molecular weight is 348 g/mol. The molecule has 122 valence electrons. The van der Waals surface area contributed by atoms with Crippen LogP contribution in [0.25, 0.3) is 6.08 Å². The van der Waals surface area contributed by atoms with Crippen molar-refractivity contribution in [3.8, 4) is 0 Å². The number of aryl methyl sites for hydroxylation is 1. The van der Waals surface area contributed by atoms with Crippen LogP contribution in [-0.4, -0.2) is 11.0 Å². The van der Waals surface area contributed by atoms with Crippen molar-refractivity contribution in [2.45, 2.75) is 6.92 Å². The molecule has 1 fully saturated rings. The van der Waals surface area contributed by atoms with Gasteiger partial charge in [0.25, 0.3) is 5.91 Å². The number of carbonyl (C=O) groups is 1. The monoisotopic (exact) mass is 348 g/mol. The van der Waals surface area contributed by atoms with E-state index in [0.717, 1.165) is 17.7 Å². The van der Waals surface area contributed by atoms with Crippen molar-refractivity contribution in [1.29, 1.82) is 0 Å². The number of amides is 1. The van der Waals surface area contributed by atoms with Crippen molar-refractivity contribution in [3.05, 3.63) is 70.7 Å². The molecule has 1 amide bonds. The molecule has 0 atom stereocenters. The number of nitrogens with zero attached hydrogens (tertiary/aromatic N) is 1. The maximum atomic E-state index is 13.3. The zero-order chi connectivity index (χ0) is 17.4. The first kappa shape index (κ1) is 16.2. The van der Waals surface area contributed by atoms with E-state index in [9.17, 15) is 18.0 Å². The lowest BCUT2D eigenvalue weighted by atomic mass is 10.1. The zero-order valence-corrected chi connectivity index (χ0v) is 13.3. The number of anilines is 1. The van der Waals surface area contributed by atoms with E-state index in [2.05, 4.69) is 5.32 Å². The fourth-order valence-corrected chi connectivity index (χ4v) is 2.68. The van der Waals surface area contributed by atoms with Gasteiger partial charge in [0, 0.05) is 0 Å². The van der Waals surface area contributed by atoms with Crippen molar-refractivity contribution in [1.82, 2.24) is 5.32 Å². The molecule has 0 saturated carbocycles. The first-order valence-electron chi connectivity index (χ1n) is 6.96. The molecule has 24 heavy (non-hydrogen) atoms. The summed E-state index contributed by atoms with van der Waals surface area (Å²) in [6.07, 6.45) is 1.22. The number of carbonyl (C=O) groups excluding carboxylic acids is 1.